The molecule has 0 aromatic heterocycles. The van der Waals surface area contributed by atoms with E-state index in [1.54, 1.807) is 0 Å². The Kier molecular flexibility index (Phi) is 70.3. The summed E-state index contributed by atoms with van der Waals surface area (Å²) in [4.78, 5) is 72.9. The Morgan fingerprint density at radius 1 is 0.273 bits per heavy atom. The standard InChI is InChI=1S/C80H156O17P2/c1-7-9-11-13-15-17-18-19-20-21-25-28-31-34-38-45-51-57-63-78(83)91-69-75(96-79(84)64-58-52-46-39-35-32-29-26-23-22-24-27-30-33-37-42-48-54-60-72(3)4)70-94-98(86,87)92-66-74(81)67-93-99(88,89)95-71-76(68-90-77(82)62-56-50-44-36-16-14-12-10-8-2)97-80(85)65-59-53-47-41-40-43-49-55-61-73(5)6/h72-76,81H,7-71H2,1-6H3,(H,86,87)(H,88,89)/t74-,75-,76-/m1/s1. The summed E-state index contributed by atoms with van der Waals surface area (Å²) in [5, 5.41) is 10.6. The Bertz CT molecular complexity index is 1910. The van der Waals surface area contributed by atoms with E-state index in [4.69, 9.17) is 37.0 Å². The molecule has 3 N–H and O–H groups in total. The van der Waals surface area contributed by atoms with Gasteiger partial charge in [-0.2, -0.15) is 0 Å². The highest BCUT2D eigenvalue weighted by molar-refractivity contribution is 7.47. The quantitative estimate of drug-likeness (QED) is 0.0222. The zero-order valence-corrected chi connectivity index (χ0v) is 66.6. The minimum absolute atomic E-state index is 0.105. The highest BCUT2D eigenvalue weighted by atomic mass is 31.2. The second-order valence-electron chi connectivity index (χ2n) is 29.8. The van der Waals surface area contributed by atoms with E-state index in [1.807, 2.05) is 0 Å². The first-order chi connectivity index (χ1) is 47.9. The summed E-state index contributed by atoms with van der Waals surface area (Å²) >= 11 is 0. The van der Waals surface area contributed by atoms with Gasteiger partial charge >= 0.3 is 39.5 Å². The lowest BCUT2D eigenvalue weighted by atomic mass is 10.0. The number of hydrogen-bond donors (Lipinski definition) is 3. The lowest BCUT2D eigenvalue weighted by Gasteiger charge is -2.21. The van der Waals surface area contributed by atoms with E-state index in [0.717, 1.165) is 102 Å². The fourth-order valence-corrected chi connectivity index (χ4v) is 13.9. The number of aliphatic hydroxyl groups excluding tert-OH is 1. The van der Waals surface area contributed by atoms with Crippen LogP contribution < -0.4 is 0 Å². The molecule has 0 aliphatic heterocycles. The van der Waals surface area contributed by atoms with Crippen LogP contribution in [0.1, 0.15) is 420 Å². The number of rotatable bonds is 79. The van der Waals surface area contributed by atoms with Crippen molar-refractivity contribution in [3.63, 3.8) is 0 Å². The number of phosphoric acid groups is 2. The molecule has 0 saturated carbocycles. The third kappa shape index (κ3) is 74.1. The van der Waals surface area contributed by atoms with Gasteiger partial charge in [0.2, 0.25) is 0 Å². The van der Waals surface area contributed by atoms with Gasteiger partial charge in [-0.3, -0.25) is 37.3 Å². The molecule has 0 heterocycles. The van der Waals surface area contributed by atoms with Crippen molar-refractivity contribution in [3.05, 3.63) is 0 Å². The molecule has 0 aliphatic rings. The number of esters is 4. The Morgan fingerprint density at radius 2 is 0.465 bits per heavy atom. The fraction of sp³-hybridized carbons (Fsp3) is 0.950. The molecular formula is C80H156O17P2. The van der Waals surface area contributed by atoms with Crippen LogP contribution in [0.4, 0.5) is 0 Å². The number of hydrogen-bond acceptors (Lipinski definition) is 15. The molecule has 0 saturated heterocycles. The Labute approximate surface area is 607 Å². The molecule has 0 fully saturated rings. The summed E-state index contributed by atoms with van der Waals surface area (Å²) in [5.74, 6) is -0.575. The molecule has 0 rings (SSSR count). The number of phosphoric ester groups is 2. The zero-order chi connectivity index (χ0) is 72.8. The van der Waals surface area contributed by atoms with Crippen molar-refractivity contribution in [3.8, 4) is 0 Å². The number of aliphatic hydroxyl groups is 1. The van der Waals surface area contributed by atoms with Gasteiger partial charge in [-0.25, -0.2) is 9.13 Å². The summed E-state index contributed by atoms with van der Waals surface area (Å²) in [6.45, 7) is 9.60. The van der Waals surface area contributed by atoms with E-state index in [2.05, 4.69) is 41.5 Å². The predicted molar refractivity (Wildman–Crippen MR) is 405 cm³/mol. The van der Waals surface area contributed by atoms with Crippen LogP contribution in [0.2, 0.25) is 0 Å². The topological polar surface area (TPSA) is 237 Å². The SMILES string of the molecule is CCCCCCCCCCCCCCCCCCCCC(=O)OC[C@H](COP(=O)(O)OC[C@@H](O)COP(=O)(O)OC[C@@H](COC(=O)CCCCCCCCCCC)OC(=O)CCCCCCCCCCC(C)C)OC(=O)CCCCCCCCCCCCCCCCCCCCC(C)C. The molecule has 5 atom stereocenters. The van der Waals surface area contributed by atoms with Crippen LogP contribution in [0.3, 0.4) is 0 Å². The second kappa shape index (κ2) is 71.7. The molecule has 99 heavy (non-hydrogen) atoms. The zero-order valence-electron chi connectivity index (χ0n) is 64.8. The fourth-order valence-electron chi connectivity index (χ4n) is 12.4. The predicted octanol–water partition coefficient (Wildman–Crippen LogP) is 23.9. The smallest absolute Gasteiger partial charge is 0.462 e. The maximum Gasteiger partial charge on any atom is 0.472 e. The van der Waals surface area contributed by atoms with Gasteiger partial charge in [-0.1, -0.05) is 369 Å². The largest absolute Gasteiger partial charge is 0.472 e. The average molecular weight is 1450 g/mol. The summed E-state index contributed by atoms with van der Waals surface area (Å²) in [5.41, 5.74) is 0. The molecule has 0 aliphatic carbocycles. The molecule has 19 heteroatoms. The van der Waals surface area contributed by atoms with E-state index in [0.29, 0.717) is 25.7 Å². The summed E-state index contributed by atoms with van der Waals surface area (Å²) in [6, 6.07) is 0. The van der Waals surface area contributed by atoms with Gasteiger partial charge < -0.3 is 33.8 Å². The highest BCUT2D eigenvalue weighted by Gasteiger charge is 2.30. The average Bonchev–Trinajstić information content (AvgIpc) is 1.45. The van der Waals surface area contributed by atoms with Crippen LogP contribution in [0, 0.1) is 11.8 Å². The van der Waals surface area contributed by atoms with Crippen LogP contribution in [0.5, 0.6) is 0 Å². The number of carbonyl (C=O) groups is 4. The van der Waals surface area contributed by atoms with E-state index < -0.39 is 97.5 Å². The molecule has 588 valence electrons. The van der Waals surface area contributed by atoms with Gasteiger partial charge in [0, 0.05) is 25.7 Å². The normalized spacial score (nSPS) is 13.9. The maximum absolute atomic E-state index is 13.1. The lowest BCUT2D eigenvalue weighted by molar-refractivity contribution is -0.161. The minimum atomic E-state index is -4.96. The van der Waals surface area contributed by atoms with Gasteiger partial charge in [0.15, 0.2) is 12.2 Å². The highest BCUT2D eigenvalue weighted by Crippen LogP contribution is 2.45. The van der Waals surface area contributed by atoms with Gasteiger partial charge in [-0.05, 0) is 37.5 Å². The molecule has 0 spiro atoms. The monoisotopic (exact) mass is 1450 g/mol. The molecular weight excluding hydrogens is 1290 g/mol. The first-order valence-electron chi connectivity index (χ1n) is 41.5. The van der Waals surface area contributed by atoms with Crippen molar-refractivity contribution < 1.29 is 80.2 Å². The van der Waals surface area contributed by atoms with Crippen molar-refractivity contribution in [2.45, 2.75) is 439 Å². The van der Waals surface area contributed by atoms with Crippen LogP contribution in [0.15, 0.2) is 0 Å². The van der Waals surface area contributed by atoms with Crippen LogP contribution in [0.25, 0.3) is 0 Å². The third-order valence-electron chi connectivity index (χ3n) is 18.7. The molecule has 0 bridgehead atoms. The third-order valence-corrected chi connectivity index (χ3v) is 20.6. The lowest BCUT2D eigenvalue weighted by Crippen LogP contribution is -2.30. The number of ether oxygens (including phenoxy) is 4. The number of carbonyl (C=O) groups excluding carboxylic acids is 4. The molecule has 2 unspecified atom stereocenters. The van der Waals surface area contributed by atoms with Crippen molar-refractivity contribution in [2.24, 2.45) is 11.8 Å². The maximum atomic E-state index is 13.1. The van der Waals surface area contributed by atoms with Crippen LogP contribution >= 0.6 is 15.6 Å². The molecule has 0 aromatic rings. The first kappa shape index (κ1) is 97.1. The molecule has 0 aromatic carbocycles. The van der Waals surface area contributed by atoms with Gasteiger partial charge in [0.05, 0.1) is 26.4 Å². The Balaban J connectivity index is 5.19. The molecule has 0 radical (unpaired) electrons. The number of unbranched alkanes of at least 4 members (excludes halogenated alkanes) is 49. The summed E-state index contributed by atoms with van der Waals surface area (Å²) in [7, 11) is -9.91. The Morgan fingerprint density at radius 3 is 0.687 bits per heavy atom. The van der Waals surface area contributed by atoms with E-state index >= 15 is 0 Å². The van der Waals surface area contributed by atoms with Crippen LogP contribution in [-0.4, -0.2) is 96.7 Å². The van der Waals surface area contributed by atoms with E-state index in [-0.39, 0.29) is 25.7 Å². The van der Waals surface area contributed by atoms with Crippen molar-refractivity contribution >= 4 is 39.5 Å². The van der Waals surface area contributed by atoms with Crippen molar-refractivity contribution in [2.75, 3.05) is 39.6 Å². The van der Waals surface area contributed by atoms with Gasteiger partial charge in [0.25, 0.3) is 0 Å². The van der Waals surface area contributed by atoms with Gasteiger partial charge in [-0.15, -0.1) is 0 Å². The summed E-state index contributed by atoms with van der Waals surface area (Å²) in [6.07, 6.45) is 61.3. The van der Waals surface area contributed by atoms with Crippen LogP contribution in [-0.2, 0) is 65.4 Å². The Hall–Kier alpha value is -1.94. The van der Waals surface area contributed by atoms with Crippen molar-refractivity contribution in [1.82, 2.24) is 0 Å². The first-order valence-corrected chi connectivity index (χ1v) is 44.5. The van der Waals surface area contributed by atoms with Crippen molar-refractivity contribution in [1.29, 1.82) is 0 Å². The molecule has 0 amide bonds. The van der Waals surface area contributed by atoms with E-state index in [1.165, 1.54) is 238 Å². The van der Waals surface area contributed by atoms with Gasteiger partial charge in [0.1, 0.15) is 19.3 Å². The summed E-state index contributed by atoms with van der Waals surface area (Å²) < 4.78 is 68.6. The van der Waals surface area contributed by atoms with E-state index in [9.17, 15) is 43.2 Å². The minimum Gasteiger partial charge on any atom is -0.462 e. The second-order valence-corrected chi connectivity index (χ2v) is 32.7. The molecule has 17 nitrogen and oxygen atoms in total.